The van der Waals surface area contributed by atoms with E-state index in [2.05, 4.69) is 15.0 Å². The lowest BCUT2D eigenvalue weighted by Gasteiger charge is -2.09. The number of carbonyl (C=O) groups excluding carboxylic acids is 1. The molecule has 1 N–H and O–H groups in total. The van der Waals surface area contributed by atoms with Gasteiger partial charge in [-0.15, -0.1) is 0 Å². The first kappa shape index (κ1) is 18.3. The van der Waals surface area contributed by atoms with Crippen LogP contribution in [0.1, 0.15) is 0 Å². The topological polar surface area (TPSA) is 51.2 Å². The summed E-state index contributed by atoms with van der Waals surface area (Å²) in [4.78, 5) is 15.9. The van der Waals surface area contributed by atoms with Crippen LogP contribution in [0.4, 0.5) is 27.1 Å². The van der Waals surface area contributed by atoms with Crippen LogP contribution in [0.15, 0.2) is 18.2 Å². The Morgan fingerprint density at radius 2 is 1.69 bits per heavy atom. The number of halogens is 6. The minimum absolute atomic E-state index is 0.147. The normalized spacial score (nSPS) is 11.0. The third-order valence-corrected chi connectivity index (χ3v) is 4.28. The number of hydrogen-bond acceptors (Lipinski definition) is 4. The molecule has 0 aliphatic heterocycles. The molecule has 136 valence electrons. The first-order valence-corrected chi connectivity index (χ1v) is 7.97. The summed E-state index contributed by atoms with van der Waals surface area (Å²) in [6.45, 7) is -0.991. The zero-order chi connectivity index (χ0) is 19.0. The van der Waals surface area contributed by atoms with Crippen molar-refractivity contribution in [1.82, 2.24) is 4.98 Å². The predicted octanol–water partition coefficient (Wildman–Crippen LogP) is 4.66. The molecule has 0 atom stereocenters. The van der Waals surface area contributed by atoms with Crippen molar-refractivity contribution in [1.29, 1.82) is 0 Å². The molecule has 0 saturated carbocycles. The molecule has 0 bridgehead atoms. The summed E-state index contributed by atoms with van der Waals surface area (Å²) in [6, 6.07) is 4.84. The fourth-order valence-electron chi connectivity index (χ4n) is 1.96. The average molecular weight is 409 g/mol. The van der Waals surface area contributed by atoms with E-state index in [1.807, 2.05) is 0 Å². The number of fused-ring (bicyclic) bond motifs is 1. The minimum Gasteiger partial charge on any atom is -0.477 e. The molecule has 1 aromatic heterocycles. The number of ether oxygens (including phenoxy) is 1. The Bertz CT molecular complexity index is 998. The molecule has 0 unspecified atom stereocenters. The monoisotopic (exact) mass is 408 g/mol. The zero-order valence-electron chi connectivity index (χ0n) is 12.4. The second kappa shape index (κ2) is 7.04. The van der Waals surface area contributed by atoms with E-state index in [9.17, 15) is 26.7 Å². The van der Waals surface area contributed by atoms with Crippen molar-refractivity contribution in [2.45, 2.75) is 0 Å². The maximum absolute atomic E-state index is 13.5. The maximum Gasteiger partial charge on any atom is 0.264 e. The Labute approximate surface area is 151 Å². The van der Waals surface area contributed by atoms with Crippen molar-refractivity contribution >= 4 is 44.2 Å². The number of aromatic nitrogens is 1. The molecule has 3 aromatic rings. The predicted molar refractivity (Wildman–Crippen MR) is 85.0 cm³/mol. The largest absolute Gasteiger partial charge is 0.477 e. The highest BCUT2D eigenvalue weighted by Gasteiger charge is 2.27. The number of nitrogens with zero attached hydrogens (tertiary/aromatic N) is 1. The van der Waals surface area contributed by atoms with E-state index < -0.39 is 47.3 Å². The van der Waals surface area contributed by atoms with E-state index in [-0.39, 0.29) is 5.13 Å². The molecule has 3 rings (SSSR count). The first-order valence-electron chi connectivity index (χ1n) is 6.78. The van der Waals surface area contributed by atoms with Crippen molar-refractivity contribution in [2.75, 3.05) is 11.9 Å². The highest BCUT2D eigenvalue weighted by Crippen LogP contribution is 2.30. The molecular weight excluding hydrogens is 403 g/mol. The van der Waals surface area contributed by atoms with E-state index in [0.717, 1.165) is 11.3 Å². The van der Waals surface area contributed by atoms with Crippen LogP contribution < -0.4 is 10.1 Å². The van der Waals surface area contributed by atoms with Gasteiger partial charge in [-0.3, -0.25) is 10.1 Å². The van der Waals surface area contributed by atoms with Crippen LogP contribution in [-0.4, -0.2) is 17.5 Å². The lowest BCUT2D eigenvalue weighted by atomic mass is 10.2. The summed E-state index contributed by atoms with van der Waals surface area (Å²) >= 11 is 6.90. The van der Waals surface area contributed by atoms with Crippen molar-refractivity contribution < 1.29 is 31.5 Å². The molecule has 0 fully saturated rings. The second-order valence-electron chi connectivity index (χ2n) is 4.87. The average Bonchev–Trinajstić information content (AvgIpc) is 2.99. The Hall–Kier alpha value is -2.46. The van der Waals surface area contributed by atoms with E-state index in [1.54, 1.807) is 18.2 Å². The highest BCUT2D eigenvalue weighted by molar-refractivity contribution is 7.22. The van der Waals surface area contributed by atoms with Gasteiger partial charge in [0.1, 0.15) is 0 Å². The molecule has 1 heterocycles. The fourth-order valence-corrected chi connectivity index (χ4v) is 3.11. The van der Waals surface area contributed by atoms with Crippen LogP contribution in [-0.2, 0) is 4.79 Å². The smallest absolute Gasteiger partial charge is 0.264 e. The molecule has 1 amide bonds. The molecule has 0 aliphatic carbocycles. The molecule has 0 saturated heterocycles. The molecule has 0 radical (unpaired) electrons. The van der Waals surface area contributed by atoms with Crippen molar-refractivity contribution in [2.24, 2.45) is 0 Å². The number of anilines is 1. The van der Waals surface area contributed by atoms with Crippen LogP contribution in [0.2, 0.25) is 5.02 Å². The first-order chi connectivity index (χ1) is 12.3. The van der Waals surface area contributed by atoms with Gasteiger partial charge in [-0.1, -0.05) is 22.9 Å². The number of thiazole rings is 1. The van der Waals surface area contributed by atoms with Gasteiger partial charge < -0.3 is 4.74 Å². The summed E-state index contributed by atoms with van der Waals surface area (Å²) in [5.41, 5.74) is 0.551. The van der Waals surface area contributed by atoms with Gasteiger partial charge >= 0.3 is 0 Å². The zero-order valence-corrected chi connectivity index (χ0v) is 14.0. The summed E-state index contributed by atoms with van der Waals surface area (Å²) < 4.78 is 71.1. The van der Waals surface area contributed by atoms with E-state index in [0.29, 0.717) is 15.2 Å². The highest BCUT2D eigenvalue weighted by atomic mass is 35.5. The number of benzene rings is 2. The number of hydrogen-bond donors (Lipinski definition) is 1. The molecule has 0 aliphatic rings. The third-order valence-electron chi connectivity index (χ3n) is 3.11. The maximum atomic E-state index is 13.5. The van der Waals surface area contributed by atoms with E-state index >= 15 is 0 Å². The van der Waals surface area contributed by atoms with Crippen LogP contribution in [0.5, 0.6) is 5.75 Å². The Morgan fingerprint density at radius 3 is 2.35 bits per heavy atom. The molecule has 26 heavy (non-hydrogen) atoms. The summed E-state index contributed by atoms with van der Waals surface area (Å²) in [7, 11) is 0. The number of amides is 1. The van der Waals surface area contributed by atoms with Gasteiger partial charge in [-0.05, 0) is 18.2 Å². The fraction of sp³-hybridized carbons (Fsp3) is 0.0667. The van der Waals surface area contributed by atoms with Gasteiger partial charge in [-0.2, -0.15) is 8.78 Å². The summed E-state index contributed by atoms with van der Waals surface area (Å²) in [5.74, 6) is -13.4. The Balaban J connectivity index is 1.73. The van der Waals surface area contributed by atoms with E-state index in [4.69, 9.17) is 11.6 Å². The van der Waals surface area contributed by atoms with Crippen LogP contribution in [0, 0.1) is 29.1 Å². The summed E-state index contributed by atoms with van der Waals surface area (Å²) in [5, 5.41) is 2.91. The third kappa shape index (κ3) is 3.42. The van der Waals surface area contributed by atoms with Gasteiger partial charge in [0, 0.05) is 5.02 Å². The van der Waals surface area contributed by atoms with Gasteiger partial charge in [-0.25, -0.2) is 18.2 Å². The molecule has 0 spiro atoms. The van der Waals surface area contributed by atoms with Crippen LogP contribution in [0.3, 0.4) is 0 Å². The van der Waals surface area contributed by atoms with Gasteiger partial charge in [0.25, 0.3) is 5.91 Å². The molecule has 2 aromatic carbocycles. The number of nitrogens with one attached hydrogen (secondary N) is 1. The van der Waals surface area contributed by atoms with Gasteiger partial charge in [0.05, 0.1) is 10.2 Å². The second-order valence-corrected chi connectivity index (χ2v) is 6.33. The quantitative estimate of drug-likeness (QED) is 0.388. The molecule has 11 heteroatoms. The van der Waals surface area contributed by atoms with Crippen LogP contribution >= 0.6 is 22.9 Å². The van der Waals surface area contributed by atoms with Gasteiger partial charge in [0.15, 0.2) is 17.5 Å². The lowest BCUT2D eigenvalue weighted by Crippen LogP contribution is -2.21. The lowest BCUT2D eigenvalue weighted by molar-refractivity contribution is -0.118. The molecular formula is C15H6ClF5N2O2S. The number of carbonyl (C=O) groups is 1. The number of rotatable bonds is 4. The van der Waals surface area contributed by atoms with Crippen molar-refractivity contribution in [3.05, 3.63) is 52.3 Å². The van der Waals surface area contributed by atoms with Crippen LogP contribution in [0.25, 0.3) is 10.2 Å². The van der Waals surface area contributed by atoms with Crippen molar-refractivity contribution in [3.8, 4) is 5.75 Å². The minimum atomic E-state index is -2.31. The van der Waals surface area contributed by atoms with E-state index in [1.165, 1.54) is 0 Å². The standard InChI is InChI=1S/C15H6ClF5N2O2S/c16-5-1-2-6-7(3-5)26-15(22-6)23-8(24)4-25-14-12(20)10(18)9(17)11(19)13(14)21/h1-3H,4H2,(H,22,23,24). The Kier molecular flexibility index (Phi) is 4.97. The van der Waals surface area contributed by atoms with Crippen molar-refractivity contribution in [3.63, 3.8) is 0 Å². The SMILES string of the molecule is O=C(COc1c(F)c(F)c(F)c(F)c1F)Nc1nc2ccc(Cl)cc2s1. The van der Waals surface area contributed by atoms with Gasteiger partial charge in [0.2, 0.25) is 29.1 Å². The molecule has 4 nitrogen and oxygen atoms in total. The Morgan fingerprint density at radius 1 is 1.08 bits per heavy atom. The summed E-state index contributed by atoms with van der Waals surface area (Å²) in [6.07, 6.45) is 0.